The summed E-state index contributed by atoms with van der Waals surface area (Å²) in [5.41, 5.74) is 2.67. The number of rotatable bonds is 6. The van der Waals surface area contributed by atoms with E-state index in [1.54, 1.807) is 6.07 Å². The molecule has 1 heterocycles. The van der Waals surface area contributed by atoms with Gasteiger partial charge >= 0.3 is 0 Å². The maximum absolute atomic E-state index is 12.3. The van der Waals surface area contributed by atoms with Crippen LogP contribution in [0.15, 0.2) is 40.8 Å². The molecule has 1 amide bonds. The molecule has 24 heavy (non-hydrogen) atoms. The summed E-state index contributed by atoms with van der Waals surface area (Å²) in [6, 6.07) is 12.5. The Morgan fingerprint density at radius 2 is 1.92 bits per heavy atom. The van der Waals surface area contributed by atoms with Gasteiger partial charge in [0.05, 0.1) is 5.75 Å². The Hall–Kier alpha value is -1.68. The van der Waals surface area contributed by atoms with E-state index >= 15 is 0 Å². The molecule has 0 radical (unpaired) electrons. The lowest BCUT2D eigenvalue weighted by atomic mass is 9.95. The minimum Gasteiger partial charge on any atom is -0.455 e. The lowest BCUT2D eigenvalue weighted by molar-refractivity contribution is 0.0898. The van der Waals surface area contributed by atoms with Crippen molar-refractivity contribution >= 4 is 17.7 Å². The Morgan fingerprint density at radius 1 is 1.12 bits per heavy atom. The normalized spacial score (nSPS) is 15.4. The third kappa shape index (κ3) is 4.67. The average Bonchev–Trinajstić information content (AvgIpc) is 3.07. The van der Waals surface area contributed by atoms with Crippen LogP contribution in [0.2, 0.25) is 0 Å². The maximum Gasteiger partial charge on any atom is 0.287 e. The fourth-order valence-electron chi connectivity index (χ4n) is 3.11. The third-order valence-corrected chi connectivity index (χ3v) is 5.59. The van der Waals surface area contributed by atoms with Crippen LogP contribution in [-0.2, 0) is 11.5 Å². The molecule has 3 nitrogen and oxygen atoms in total. The van der Waals surface area contributed by atoms with Crippen molar-refractivity contribution in [3.8, 4) is 0 Å². The first-order chi connectivity index (χ1) is 11.7. The van der Waals surface area contributed by atoms with E-state index in [4.69, 9.17) is 4.42 Å². The van der Waals surface area contributed by atoms with Crippen LogP contribution < -0.4 is 5.32 Å². The second-order valence-electron chi connectivity index (χ2n) is 6.49. The zero-order valence-corrected chi connectivity index (χ0v) is 15.0. The third-order valence-electron chi connectivity index (χ3n) is 4.59. The second kappa shape index (κ2) is 8.43. The number of thioether (sulfide) groups is 1. The molecule has 0 bridgehead atoms. The van der Waals surface area contributed by atoms with Crippen molar-refractivity contribution in [3.05, 3.63) is 59.0 Å². The Labute approximate surface area is 148 Å². The summed E-state index contributed by atoms with van der Waals surface area (Å²) >= 11 is 1.81. The van der Waals surface area contributed by atoms with E-state index in [1.807, 2.05) is 17.8 Å². The number of benzene rings is 1. The van der Waals surface area contributed by atoms with Crippen LogP contribution in [0, 0.1) is 6.92 Å². The Kier molecular flexibility index (Phi) is 6.02. The van der Waals surface area contributed by atoms with Gasteiger partial charge in [-0.05, 0) is 43.0 Å². The molecule has 1 aromatic heterocycles. The van der Waals surface area contributed by atoms with Crippen LogP contribution in [-0.4, -0.2) is 11.9 Å². The second-order valence-corrected chi connectivity index (χ2v) is 7.48. The summed E-state index contributed by atoms with van der Waals surface area (Å²) in [5.74, 6) is 2.97. The largest absolute Gasteiger partial charge is 0.455 e. The van der Waals surface area contributed by atoms with Gasteiger partial charge in [-0.25, -0.2) is 0 Å². The summed E-state index contributed by atoms with van der Waals surface area (Å²) < 4.78 is 5.72. The minimum absolute atomic E-state index is 0.0722. The molecule has 0 spiro atoms. The number of carbonyl (C=O) groups excluding carboxylic acids is 1. The van der Waals surface area contributed by atoms with Gasteiger partial charge in [-0.15, -0.1) is 11.8 Å². The van der Waals surface area contributed by atoms with Crippen LogP contribution in [0.5, 0.6) is 0 Å². The highest BCUT2D eigenvalue weighted by Crippen LogP contribution is 2.22. The SMILES string of the molecule is Cc1ccccc1CSCc1ccc(C(=O)NC2CCCCC2)o1. The Morgan fingerprint density at radius 3 is 2.71 bits per heavy atom. The van der Waals surface area contributed by atoms with Crippen molar-refractivity contribution in [1.82, 2.24) is 5.32 Å². The molecule has 2 aromatic rings. The Balaban J connectivity index is 1.48. The number of hydrogen-bond donors (Lipinski definition) is 1. The van der Waals surface area contributed by atoms with Crippen molar-refractivity contribution < 1.29 is 9.21 Å². The van der Waals surface area contributed by atoms with Crippen molar-refractivity contribution in [2.45, 2.75) is 56.6 Å². The molecule has 1 aromatic carbocycles. The highest BCUT2D eigenvalue weighted by molar-refractivity contribution is 7.97. The standard InChI is InChI=1S/C20H25NO2S/c1-15-7-5-6-8-16(15)13-24-14-18-11-12-19(23-18)20(22)21-17-9-3-2-4-10-17/h5-8,11-12,17H,2-4,9-10,13-14H2,1H3,(H,21,22). The lowest BCUT2D eigenvalue weighted by Crippen LogP contribution is -2.35. The molecule has 1 aliphatic rings. The van der Waals surface area contributed by atoms with Crippen LogP contribution in [0.3, 0.4) is 0 Å². The first kappa shape index (κ1) is 17.2. The van der Waals surface area contributed by atoms with Gasteiger partial charge in [0.1, 0.15) is 5.76 Å². The van der Waals surface area contributed by atoms with Gasteiger partial charge < -0.3 is 9.73 Å². The molecule has 1 aliphatic carbocycles. The Bertz CT molecular complexity index is 674. The predicted octanol–water partition coefficient (Wildman–Crippen LogP) is 5.08. The zero-order chi connectivity index (χ0) is 16.8. The molecular weight excluding hydrogens is 318 g/mol. The van der Waals surface area contributed by atoms with E-state index in [2.05, 4.69) is 36.5 Å². The summed E-state index contributed by atoms with van der Waals surface area (Å²) in [6.45, 7) is 2.14. The molecule has 0 saturated heterocycles. The van der Waals surface area contributed by atoms with Gasteiger partial charge in [0.15, 0.2) is 5.76 Å². The maximum atomic E-state index is 12.3. The molecule has 3 rings (SSSR count). The van der Waals surface area contributed by atoms with E-state index in [9.17, 15) is 4.79 Å². The van der Waals surface area contributed by atoms with E-state index in [0.717, 1.165) is 30.1 Å². The predicted molar refractivity (Wildman–Crippen MR) is 99.2 cm³/mol. The van der Waals surface area contributed by atoms with Gasteiger partial charge in [0.25, 0.3) is 5.91 Å². The topological polar surface area (TPSA) is 42.2 Å². The first-order valence-corrected chi connectivity index (χ1v) is 9.89. The van der Waals surface area contributed by atoms with Gasteiger partial charge in [0.2, 0.25) is 0 Å². The van der Waals surface area contributed by atoms with E-state index in [0.29, 0.717) is 11.8 Å². The van der Waals surface area contributed by atoms with Crippen LogP contribution in [0.1, 0.15) is 59.5 Å². The molecule has 0 aliphatic heterocycles. The molecule has 0 atom stereocenters. The van der Waals surface area contributed by atoms with Crippen molar-refractivity contribution in [3.63, 3.8) is 0 Å². The smallest absolute Gasteiger partial charge is 0.287 e. The molecule has 1 N–H and O–H groups in total. The van der Waals surface area contributed by atoms with E-state index in [1.165, 1.54) is 30.4 Å². The monoisotopic (exact) mass is 343 g/mol. The summed E-state index contributed by atoms with van der Waals surface area (Å²) in [6.07, 6.45) is 5.89. The summed E-state index contributed by atoms with van der Waals surface area (Å²) in [5, 5.41) is 3.10. The summed E-state index contributed by atoms with van der Waals surface area (Å²) in [7, 11) is 0. The fraction of sp³-hybridized carbons (Fsp3) is 0.450. The van der Waals surface area contributed by atoms with Gasteiger partial charge in [-0.3, -0.25) is 4.79 Å². The molecule has 0 unspecified atom stereocenters. The highest BCUT2D eigenvalue weighted by atomic mass is 32.2. The summed E-state index contributed by atoms with van der Waals surface area (Å²) in [4.78, 5) is 12.3. The number of amides is 1. The molecule has 1 saturated carbocycles. The lowest BCUT2D eigenvalue weighted by Gasteiger charge is -2.22. The fourth-order valence-corrected chi connectivity index (χ4v) is 4.12. The van der Waals surface area contributed by atoms with Crippen LogP contribution in [0.25, 0.3) is 0 Å². The average molecular weight is 343 g/mol. The minimum atomic E-state index is -0.0722. The van der Waals surface area contributed by atoms with Crippen LogP contribution >= 0.6 is 11.8 Å². The zero-order valence-electron chi connectivity index (χ0n) is 14.2. The molecule has 128 valence electrons. The van der Waals surface area contributed by atoms with Crippen molar-refractivity contribution in [1.29, 1.82) is 0 Å². The molecule has 4 heteroatoms. The van der Waals surface area contributed by atoms with Crippen LogP contribution in [0.4, 0.5) is 0 Å². The highest BCUT2D eigenvalue weighted by Gasteiger charge is 2.18. The molecular formula is C20H25NO2S. The van der Waals surface area contributed by atoms with Crippen molar-refractivity contribution in [2.75, 3.05) is 0 Å². The van der Waals surface area contributed by atoms with Gasteiger partial charge in [0, 0.05) is 11.8 Å². The number of aryl methyl sites for hydroxylation is 1. The molecule has 1 fully saturated rings. The number of hydrogen-bond acceptors (Lipinski definition) is 3. The van der Waals surface area contributed by atoms with E-state index in [-0.39, 0.29) is 5.91 Å². The number of nitrogens with one attached hydrogen (secondary N) is 1. The van der Waals surface area contributed by atoms with Crippen molar-refractivity contribution in [2.24, 2.45) is 0 Å². The van der Waals surface area contributed by atoms with E-state index < -0.39 is 0 Å². The quantitative estimate of drug-likeness (QED) is 0.795. The first-order valence-electron chi connectivity index (χ1n) is 8.74. The van der Waals surface area contributed by atoms with Gasteiger partial charge in [-0.2, -0.15) is 0 Å². The number of furan rings is 1. The van der Waals surface area contributed by atoms with Gasteiger partial charge in [-0.1, -0.05) is 43.5 Å². The number of carbonyl (C=O) groups is 1.